The van der Waals surface area contributed by atoms with Gasteiger partial charge in [0.05, 0.1) is 0 Å². The van der Waals surface area contributed by atoms with E-state index in [0.717, 1.165) is 13.2 Å². The van der Waals surface area contributed by atoms with E-state index in [2.05, 4.69) is 45.4 Å². The minimum absolute atomic E-state index is 0.621. The molecule has 0 fully saturated rings. The maximum atomic E-state index is 5.75. The van der Waals surface area contributed by atoms with Crippen LogP contribution in [-0.2, 0) is 4.43 Å². The summed E-state index contributed by atoms with van der Waals surface area (Å²) >= 11 is 0. The molecule has 0 amide bonds. The fraction of sp³-hybridized carbons (Fsp3) is 1.00. The number of likely N-dealkylation sites (N-methyl/N-ethyl adjacent to an activating group) is 1. The first-order valence-electron chi connectivity index (χ1n) is 4.67. The molecule has 0 aromatic carbocycles. The van der Waals surface area contributed by atoms with Crippen LogP contribution in [0.15, 0.2) is 0 Å². The molecule has 3 heteroatoms. The van der Waals surface area contributed by atoms with E-state index in [4.69, 9.17) is 4.43 Å². The van der Waals surface area contributed by atoms with Gasteiger partial charge in [-0.15, -0.1) is 0 Å². The van der Waals surface area contributed by atoms with Crippen molar-refractivity contribution >= 4 is 8.32 Å². The maximum absolute atomic E-state index is 5.75. The lowest BCUT2D eigenvalue weighted by molar-refractivity contribution is 0.205. The average molecular weight is 189 g/mol. The van der Waals surface area contributed by atoms with Gasteiger partial charge in [0.15, 0.2) is 8.32 Å². The van der Waals surface area contributed by atoms with Crippen molar-refractivity contribution in [2.45, 2.75) is 39.5 Å². The van der Waals surface area contributed by atoms with Crippen molar-refractivity contribution in [2.75, 3.05) is 20.2 Å². The van der Waals surface area contributed by atoms with Gasteiger partial charge in [0.25, 0.3) is 0 Å². The lowest BCUT2D eigenvalue weighted by atomic mass is 10.3. The zero-order valence-electron chi connectivity index (χ0n) is 9.35. The highest BCUT2D eigenvalue weighted by molar-refractivity contribution is 6.69. The second kappa shape index (κ2) is 4.99. The van der Waals surface area contributed by atoms with Crippen LogP contribution in [0.5, 0.6) is 0 Å². The Morgan fingerprint density at radius 1 is 1.25 bits per heavy atom. The Kier molecular flexibility index (Phi) is 5.05. The molecule has 0 bridgehead atoms. The van der Waals surface area contributed by atoms with Gasteiger partial charge in [-0.05, 0) is 40.5 Å². The van der Waals surface area contributed by atoms with Crippen LogP contribution >= 0.6 is 0 Å². The van der Waals surface area contributed by atoms with Gasteiger partial charge >= 0.3 is 0 Å². The summed E-state index contributed by atoms with van der Waals surface area (Å²) in [5, 5.41) is 0. The van der Waals surface area contributed by atoms with Gasteiger partial charge in [-0.3, -0.25) is 0 Å². The lowest BCUT2D eigenvalue weighted by Gasteiger charge is -2.23. The van der Waals surface area contributed by atoms with E-state index in [-0.39, 0.29) is 0 Å². The van der Waals surface area contributed by atoms with Crippen molar-refractivity contribution in [3.8, 4) is 0 Å². The molecule has 0 rings (SSSR count). The molecule has 0 spiro atoms. The van der Waals surface area contributed by atoms with Crippen molar-refractivity contribution in [1.29, 1.82) is 0 Å². The van der Waals surface area contributed by atoms with Crippen LogP contribution in [0.4, 0.5) is 0 Å². The largest absolute Gasteiger partial charge is 0.416 e. The third kappa shape index (κ3) is 6.82. The molecule has 74 valence electrons. The van der Waals surface area contributed by atoms with E-state index in [1.807, 2.05) is 0 Å². The van der Waals surface area contributed by atoms with Gasteiger partial charge in [-0.2, -0.15) is 0 Å². The van der Waals surface area contributed by atoms with Gasteiger partial charge in [0.2, 0.25) is 0 Å². The van der Waals surface area contributed by atoms with E-state index in [1.165, 1.54) is 0 Å². The van der Waals surface area contributed by atoms with Gasteiger partial charge in [-0.25, -0.2) is 0 Å². The summed E-state index contributed by atoms with van der Waals surface area (Å²) in [6.45, 7) is 13.0. The van der Waals surface area contributed by atoms with Gasteiger partial charge < -0.3 is 9.33 Å². The Hall–Kier alpha value is 0.137. The third-order valence-electron chi connectivity index (χ3n) is 1.86. The van der Waals surface area contributed by atoms with E-state index in [1.54, 1.807) is 0 Å². The summed E-state index contributed by atoms with van der Waals surface area (Å²) in [6.07, 6.45) is 0. The molecule has 0 aromatic heterocycles. The SMILES string of the molecule is CC(C)N(C)CCO[Si](C)(C)C. The molecule has 0 N–H and O–H groups in total. The lowest BCUT2D eigenvalue weighted by Crippen LogP contribution is -2.34. The summed E-state index contributed by atoms with van der Waals surface area (Å²) in [6, 6.07) is 0.621. The molecule has 0 unspecified atom stereocenters. The molecular formula is C9H23NOSi. The first-order valence-corrected chi connectivity index (χ1v) is 8.08. The van der Waals surface area contributed by atoms with Crippen LogP contribution < -0.4 is 0 Å². The second-order valence-corrected chi connectivity index (χ2v) is 9.05. The van der Waals surface area contributed by atoms with Crippen LogP contribution in [0.1, 0.15) is 13.8 Å². The van der Waals surface area contributed by atoms with Crippen LogP contribution in [0.3, 0.4) is 0 Å². The summed E-state index contributed by atoms with van der Waals surface area (Å²) < 4.78 is 5.75. The van der Waals surface area contributed by atoms with Crippen molar-refractivity contribution < 1.29 is 4.43 Å². The maximum Gasteiger partial charge on any atom is 0.183 e. The Bertz CT molecular complexity index is 120. The van der Waals surface area contributed by atoms with Crippen LogP contribution in [-0.4, -0.2) is 39.5 Å². The van der Waals surface area contributed by atoms with E-state index in [9.17, 15) is 0 Å². The fourth-order valence-electron chi connectivity index (χ4n) is 0.754. The highest BCUT2D eigenvalue weighted by Crippen LogP contribution is 2.02. The molecular weight excluding hydrogens is 166 g/mol. The van der Waals surface area contributed by atoms with Crippen LogP contribution in [0.25, 0.3) is 0 Å². The van der Waals surface area contributed by atoms with Gasteiger partial charge in [0, 0.05) is 19.2 Å². The standard InChI is InChI=1S/C9H23NOSi/c1-9(2)10(3)7-8-11-12(4,5)6/h9H,7-8H2,1-6H3. The quantitative estimate of drug-likeness (QED) is 0.615. The summed E-state index contributed by atoms with van der Waals surface area (Å²) in [5.74, 6) is 0. The molecule has 0 aliphatic carbocycles. The molecule has 0 radical (unpaired) electrons. The molecule has 0 aromatic rings. The molecule has 0 atom stereocenters. The number of hydrogen-bond donors (Lipinski definition) is 0. The number of rotatable bonds is 5. The Labute approximate surface area is 78.0 Å². The second-order valence-electron chi connectivity index (χ2n) is 4.54. The molecule has 0 heterocycles. The summed E-state index contributed by atoms with van der Waals surface area (Å²) in [5.41, 5.74) is 0. The van der Waals surface area contributed by atoms with Crippen molar-refractivity contribution in [3.05, 3.63) is 0 Å². The monoisotopic (exact) mass is 189 g/mol. The first-order chi connectivity index (χ1) is 5.33. The Balaban J connectivity index is 3.44. The number of hydrogen-bond acceptors (Lipinski definition) is 2. The topological polar surface area (TPSA) is 12.5 Å². The molecule has 0 saturated carbocycles. The van der Waals surface area contributed by atoms with E-state index < -0.39 is 8.32 Å². The van der Waals surface area contributed by atoms with Crippen molar-refractivity contribution in [3.63, 3.8) is 0 Å². The average Bonchev–Trinajstić information content (AvgIpc) is 1.84. The minimum atomic E-state index is -1.29. The Morgan fingerprint density at radius 2 is 1.75 bits per heavy atom. The minimum Gasteiger partial charge on any atom is -0.416 e. The highest BCUT2D eigenvalue weighted by Gasteiger charge is 2.14. The molecule has 0 aliphatic heterocycles. The predicted molar refractivity (Wildman–Crippen MR) is 57.1 cm³/mol. The number of nitrogens with zero attached hydrogens (tertiary/aromatic N) is 1. The molecule has 0 saturated heterocycles. The first kappa shape index (κ1) is 12.1. The fourth-order valence-corrected chi connectivity index (χ4v) is 1.46. The Morgan fingerprint density at radius 3 is 2.08 bits per heavy atom. The third-order valence-corrected chi connectivity index (χ3v) is 2.93. The summed E-state index contributed by atoms with van der Waals surface area (Å²) in [4.78, 5) is 2.31. The van der Waals surface area contributed by atoms with E-state index in [0.29, 0.717) is 6.04 Å². The summed E-state index contributed by atoms with van der Waals surface area (Å²) in [7, 11) is 0.852. The predicted octanol–water partition coefficient (Wildman–Crippen LogP) is 2.18. The van der Waals surface area contributed by atoms with Crippen molar-refractivity contribution in [2.24, 2.45) is 0 Å². The van der Waals surface area contributed by atoms with Crippen molar-refractivity contribution in [1.82, 2.24) is 4.90 Å². The van der Waals surface area contributed by atoms with Gasteiger partial charge in [0.1, 0.15) is 0 Å². The van der Waals surface area contributed by atoms with Gasteiger partial charge in [-0.1, -0.05) is 0 Å². The molecule has 12 heavy (non-hydrogen) atoms. The van der Waals surface area contributed by atoms with Crippen LogP contribution in [0.2, 0.25) is 19.6 Å². The smallest absolute Gasteiger partial charge is 0.183 e. The molecule has 2 nitrogen and oxygen atoms in total. The molecule has 0 aliphatic rings. The van der Waals surface area contributed by atoms with Crippen LogP contribution in [0, 0.1) is 0 Å². The van der Waals surface area contributed by atoms with E-state index >= 15 is 0 Å². The zero-order valence-corrected chi connectivity index (χ0v) is 10.3. The zero-order chi connectivity index (χ0) is 9.78. The highest BCUT2D eigenvalue weighted by atomic mass is 28.4. The normalized spacial score (nSPS) is 13.0.